The van der Waals surface area contributed by atoms with Gasteiger partial charge in [0.15, 0.2) is 0 Å². The van der Waals surface area contributed by atoms with Gasteiger partial charge in [-0.05, 0) is 25.1 Å². The highest BCUT2D eigenvalue weighted by Crippen LogP contribution is 2.34. The first-order chi connectivity index (χ1) is 8.06. The van der Waals surface area contributed by atoms with E-state index in [2.05, 4.69) is 0 Å². The van der Waals surface area contributed by atoms with Crippen molar-refractivity contribution in [1.82, 2.24) is 0 Å². The average molecular weight is 251 g/mol. The number of nitrogens with two attached hydrogens (primary N) is 1. The second-order valence-electron chi connectivity index (χ2n) is 3.72. The van der Waals surface area contributed by atoms with E-state index in [1.54, 1.807) is 0 Å². The molecule has 1 nitrogen and oxygen atoms in total. The summed E-state index contributed by atoms with van der Waals surface area (Å²) in [5.74, 6) is -1.34. The van der Waals surface area contributed by atoms with Crippen LogP contribution in [0.1, 0.15) is 5.56 Å². The maximum atomic E-state index is 13.2. The molecule has 0 aromatic heterocycles. The first-order valence-electron chi connectivity index (χ1n) is 5.05. The highest BCUT2D eigenvalue weighted by Gasteiger charge is 2.09. The maximum absolute atomic E-state index is 13.2. The number of anilines is 1. The molecule has 0 aliphatic carbocycles. The number of benzene rings is 2. The molecular formula is C13H11F2NS. The van der Waals surface area contributed by atoms with Crippen molar-refractivity contribution in [2.45, 2.75) is 16.7 Å². The molecule has 0 heterocycles. The van der Waals surface area contributed by atoms with Crippen LogP contribution in [-0.2, 0) is 0 Å². The molecule has 0 unspecified atom stereocenters. The lowest BCUT2D eigenvalue weighted by atomic mass is 10.2. The normalized spacial score (nSPS) is 10.5. The van der Waals surface area contributed by atoms with Crippen molar-refractivity contribution in [3.63, 3.8) is 0 Å². The summed E-state index contributed by atoms with van der Waals surface area (Å²) >= 11 is 1.25. The number of hydrogen-bond acceptors (Lipinski definition) is 2. The van der Waals surface area contributed by atoms with Gasteiger partial charge in [0.1, 0.15) is 11.6 Å². The lowest BCUT2D eigenvalue weighted by Gasteiger charge is -2.07. The standard InChI is InChI=1S/C13H11F2NS/c1-8-3-2-4-10(5-8)17-12-7-9(14)6-11(15)13(12)16/h2-7H,16H2,1H3. The van der Waals surface area contributed by atoms with Gasteiger partial charge in [-0.15, -0.1) is 0 Å². The molecule has 88 valence electrons. The van der Waals surface area contributed by atoms with Gasteiger partial charge in [-0.1, -0.05) is 29.5 Å². The van der Waals surface area contributed by atoms with Crippen LogP contribution in [0.4, 0.5) is 14.5 Å². The summed E-state index contributed by atoms with van der Waals surface area (Å²) < 4.78 is 26.3. The van der Waals surface area contributed by atoms with Gasteiger partial charge in [0.25, 0.3) is 0 Å². The molecule has 0 atom stereocenters. The Kier molecular flexibility index (Phi) is 3.33. The minimum atomic E-state index is -0.722. The van der Waals surface area contributed by atoms with Crippen LogP contribution in [0, 0.1) is 18.6 Å². The molecule has 0 saturated carbocycles. The highest BCUT2D eigenvalue weighted by atomic mass is 32.2. The molecule has 2 rings (SSSR count). The van der Waals surface area contributed by atoms with Crippen molar-refractivity contribution in [3.8, 4) is 0 Å². The molecule has 0 aliphatic rings. The van der Waals surface area contributed by atoms with Gasteiger partial charge in [-0.25, -0.2) is 8.78 Å². The molecule has 0 fully saturated rings. The molecule has 2 aromatic rings. The summed E-state index contributed by atoms with van der Waals surface area (Å²) in [4.78, 5) is 1.30. The average Bonchev–Trinajstić information content (AvgIpc) is 2.25. The van der Waals surface area contributed by atoms with Crippen molar-refractivity contribution in [2.24, 2.45) is 0 Å². The maximum Gasteiger partial charge on any atom is 0.150 e. The lowest BCUT2D eigenvalue weighted by molar-refractivity contribution is 0.581. The van der Waals surface area contributed by atoms with E-state index >= 15 is 0 Å². The summed E-state index contributed by atoms with van der Waals surface area (Å²) in [5, 5.41) is 0. The summed E-state index contributed by atoms with van der Waals surface area (Å²) in [5.41, 5.74) is 6.65. The zero-order chi connectivity index (χ0) is 12.4. The van der Waals surface area contributed by atoms with Gasteiger partial charge in [-0.2, -0.15) is 0 Å². The number of aryl methyl sites for hydroxylation is 1. The number of nitrogen functional groups attached to an aromatic ring is 1. The first kappa shape index (κ1) is 11.9. The van der Waals surface area contributed by atoms with Crippen molar-refractivity contribution < 1.29 is 8.78 Å². The number of halogens is 2. The smallest absolute Gasteiger partial charge is 0.150 e. The Balaban J connectivity index is 2.36. The lowest BCUT2D eigenvalue weighted by Crippen LogP contribution is -1.95. The molecule has 0 amide bonds. The quantitative estimate of drug-likeness (QED) is 0.816. The van der Waals surface area contributed by atoms with Gasteiger partial charge >= 0.3 is 0 Å². The van der Waals surface area contributed by atoms with E-state index in [1.165, 1.54) is 17.8 Å². The Hall–Kier alpha value is -1.55. The highest BCUT2D eigenvalue weighted by molar-refractivity contribution is 7.99. The van der Waals surface area contributed by atoms with E-state index in [0.29, 0.717) is 4.90 Å². The SMILES string of the molecule is Cc1cccc(Sc2cc(F)cc(F)c2N)c1. The van der Waals surface area contributed by atoms with Crippen LogP contribution >= 0.6 is 11.8 Å². The third-order valence-corrected chi connectivity index (χ3v) is 3.32. The van der Waals surface area contributed by atoms with Crippen LogP contribution in [0.2, 0.25) is 0 Å². The largest absolute Gasteiger partial charge is 0.395 e. The van der Waals surface area contributed by atoms with E-state index in [1.807, 2.05) is 31.2 Å². The van der Waals surface area contributed by atoms with Crippen molar-refractivity contribution in [3.05, 3.63) is 53.6 Å². The van der Waals surface area contributed by atoms with Gasteiger partial charge in [-0.3, -0.25) is 0 Å². The molecule has 17 heavy (non-hydrogen) atoms. The van der Waals surface area contributed by atoms with Crippen LogP contribution in [-0.4, -0.2) is 0 Å². The summed E-state index contributed by atoms with van der Waals surface area (Å²) in [6.07, 6.45) is 0. The first-order valence-corrected chi connectivity index (χ1v) is 5.87. The molecule has 4 heteroatoms. The zero-order valence-corrected chi connectivity index (χ0v) is 10.0. The molecule has 0 bridgehead atoms. The van der Waals surface area contributed by atoms with E-state index in [4.69, 9.17) is 5.73 Å². The third-order valence-electron chi connectivity index (χ3n) is 2.27. The Bertz CT molecular complexity index is 555. The molecule has 2 N–H and O–H groups in total. The number of rotatable bonds is 2. The fourth-order valence-electron chi connectivity index (χ4n) is 1.45. The van der Waals surface area contributed by atoms with Crippen molar-refractivity contribution >= 4 is 17.4 Å². The van der Waals surface area contributed by atoms with Gasteiger partial charge in [0.05, 0.1) is 5.69 Å². The molecule has 0 aliphatic heterocycles. The summed E-state index contributed by atoms with van der Waals surface area (Å²) in [6.45, 7) is 1.96. The van der Waals surface area contributed by atoms with Crippen molar-refractivity contribution in [1.29, 1.82) is 0 Å². The van der Waals surface area contributed by atoms with E-state index in [0.717, 1.165) is 16.5 Å². The van der Waals surface area contributed by atoms with E-state index in [9.17, 15) is 8.78 Å². The second kappa shape index (κ2) is 4.75. The molecule has 0 radical (unpaired) electrons. The predicted molar refractivity (Wildman–Crippen MR) is 66.1 cm³/mol. The predicted octanol–water partition coefficient (Wildman–Crippen LogP) is 4.01. The Labute approximate surface area is 103 Å². The molecular weight excluding hydrogens is 240 g/mol. The zero-order valence-electron chi connectivity index (χ0n) is 9.21. The minimum Gasteiger partial charge on any atom is -0.395 e. The fraction of sp³-hybridized carbons (Fsp3) is 0.0769. The summed E-state index contributed by atoms with van der Waals surface area (Å²) in [6, 6.07) is 9.69. The Morgan fingerprint density at radius 3 is 2.59 bits per heavy atom. The van der Waals surface area contributed by atoms with E-state index in [-0.39, 0.29) is 5.69 Å². The van der Waals surface area contributed by atoms with E-state index < -0.39 is 11.6 Å². The second-order valence-corrected chi connectivity index (χ2v) is 4.83. The van der Waals surface area contributed by atoms with Crippen LogP contribution in [0.5, 0.6) is 0 Å². The van der Waals surface area contributed by atoms with Gasteiger partial charge in [0, 0.05) is 15.9 Å². The minimum absolute atomic E-state index is 0.0158. The van der Waals surface area contributed by atoms with Crippen LogP contribution in [0.3, 0.4) is 0 Å². The molecule has 2 aromatic carbocycles. The summed E-state index contributed by atoms with van der Waals surface area (Å²) in [7, 11) is 0. The van der Waals surface area contributed by atoms with Gasteiger partial charge < -0.3 is 5.73 Å². The number of hydrogen-bond donors (Lipinski definition) is 1. The van der Waals surface area contributed by atoms with Crippen LogP contribution < -0.4 is 5.73 Å². The monoisotopic (exact) mass is 251 g/mol. The van der Waals surface area contributed by atoms with Crippen LogP contribution in [0.15, 0.2) is 46.2 Å². The molecule has 0 saturated heterocycles. The van der Waals surface area contributed by atoms with Gasteiger partial charge in [0.2, 0.25) is 0 Å². The Morgan fingerprint density at radius 1 is 1.12 bits per heavy atom. The fourth-order valence-corrected chi connectivity index (χ4v) is 2.48. The molecule has 0 spiro atoms. The van der Waals surface area contributed by atoms with Crippen LogP contribution in [0.25, 0.3) is 0 Å². The topological polar surface area (TPSA) is 26.0 Å². The third kappa shape index (κ3) is 2.77. The van der Waals surface area contributed by atoms with Crippen molar-refractivity contribution in [2.75, 3.05) is 5.73 Å². The Morgan fingerprint density at radius 2 is 1.88 bits per heavy atom.